The summed E-state index contributed by atoms with van der Waals surface area (Å²) in [5, 5.41) is 0.408. The lowest BCUT2D eigenvalue weighted by atomic mass is 10.1. The van der Waals surface area contributed by atoms with E-state index in [1.807, 2.05) is 4.90 Å². The van der Waals surface area contributed by atoms with E-state index in [1.54, 1.807) is 36.5 Å². The maximum atomic E-state index is 12.5. The van der Waals surface area contributed by atoms with Gasteiger partial charge in [0.2, 0.25) is 12.7 Å². The van der Waals surface area contributed by atoms with Gasteiger partial charge in [-0.25, -0.2) is 9.78 Å². The number of nitrogens with zero attached hydrogens (tertiary/aromatic N) is 2. The standard InChI is InChI=1S/C21H20N2O6S/c24-16(14-5-6-17-18(10-14)29-13-28-17)11-27-21(26)15-4-3-7-22-20(15)30-12-19(25)23-8-1-2-9-23/h3-7,10H,1-2,8-9,11-13H2. The molecule has 0 aliphatic carbocycles. The number of amides is 1. The van der Waals surface area contributed by atoms with Gasteiger partial charge in [0.15, 0.2) is 23.9 Å². The molecule has 0 spiro atoms. The molecule has 0 radical (unpaired) electrons. The molecule has 0 unspecified atom stereocenters. The first kappa shape index (κ1) is 20.2. The van der Waals surface area contributed by atoms with Gasteiger partial charge in [-0.3, -0.25) is 9.59 Å². The van der Waals surface area contributed by atoms with Gasteiger partial charge in [0.25, 0.3) is 0 Å². The maximum absolute atomic E-state index is 12.5. The minimum absolute atomic E-state index is 0.0282. The summed E-state index contributed by atoms with van der Waals surface area (Å²) >= 11 is 1.20. The van der Waals surface area contributed by atoms with Crippen molar-refractivity contribution < 1.29 is 28.6 Å². The van der Waals surface area contributed by atoms with Gasteiger partial charge in [0.1, 0.15) is 5.03 Å². The number of fused-ring (bicyclic) bond motifs is 1. The van der Waals surface area contributed by atoms with Crippen LogP contribution >= 0.6 is 11.8 Å². The van der Waals surface area contributed by atoms with Crippen molar-refractivity contribution in [2.75, 3.05) is 32.2 Å². The zero-order valence-corrected chi connectivity index (χ0v) is 17.0. The van der Waals surface area contributed by atoms with Crippen LogP contribution in [0.1, 0.15) is 33.6 Å². The van der Waals surface area contributed by atoms with E-state index < -0.39 is 12.6 Å². The van der Waals surface area contributed by atoms with E-state index in [0.29, 0.717) is 22.1 Å². The molecule has 1 amide bonds. The molecule has 0 N–H and O–H groups in total. The molecule has 2 aromatic rings. The Morgan fingerprint density at radius 3 is 2.73 bits per heavy atom. The van der Waals surface area contributed by atoms with E-state index in [4.69, 9.17) is 14.2 Å². The minimum Gasteiger partial charge on any atom is -0.454 e. The van der Waals surface area contributed by atoms with Gasteiger partial charge in [-0.05, 0) is 43.2 Å². The van der Waals surface area contributed by atoms with Gasteiger partial charge in [-0.2, -0.15) is 0 Å². The van der Waals surface area contributed by atoms with Crippen LogP contribution in [0.4, 0.5) is 0 Å². The Morgan fingerprint density at radius 1 is 1.10 bits per heavy atom. The number of hydrogen-bond acceptors (Lipinski definition) is 8. The number of aromatic nitrogens is 1. The van der Waals surface area contributed by atoms with Gasteiger partial charge >= 0.3 is 5.97 Å². The fourth-order valence-electron chi connectivity index (χ4n) is 3.21. The molecule has 0 atom stereocenters. The third-order valence-corrected chi connectivity index (χ3v) is 5.80. The Morgan fingerprint density at radius 2 is 1.90 bits per heavy atom. The van der Waals surface area contributed by atoms with E-state index >= 15 is 0 Å². The van der Waals surface area contributed by atoms with Crippen LogP contribution in [0.15, 0.2) is 41.6 Å². The largest absolute Gasteiger partial charge is 0.454 e. The second-order valence-electron chi connectivity index (χ2n) is 6.80. The molecule has 0 bridgehead atoms. The zero-order chi connectivity index (χ0) is 20.9. The van der Waals surface area contributed by atoms with Crippen molar-refractivity contribution in [3.05, 3.63) is 47.7 Å². The van der Waals surface area contributed by atoms with Crippen LogP contribution in [0.3, 0.4) is 0 Å². The highest BCUT2D eigenvalue weighted by molar-refractivity contribution is 8.00. The molecule has 1 saturated heterocycles. The number of thioether (sulfide) groups is 1. The summed E-state index contributed by atoms with van der Waals surface area (Å²) in [4.78, 5) is 43.2. The average Bonchev–Trinajstić information content (AvgIpc) is 3.47. The smallest absolute Gasteiger partial charge is 0.341 e. The molecule has 4 rings (SSSR count). The first-order valence-electron chi connectivity index (χ1n) is 9.57. The Kier molecular flexibility index (Phi) is 6.18. The second kappa shape index (κ2) is 9.17. The number of benzene rings is 1. The van der Waals surface area contributed by atoms with Gasteiger partial charge in [-0.15, -0.1) is 0 Å². The van der Waals surface area contributed by atoms with Gasteiger partial charge < -0.3 is 19.1 Å². The summed E-state index contributed by atoms with van der Waals surface area (Å²) in [6, 6.07) is 7.99. The average molecular weight is 428 g/mol. The van der Waals surface area contributed by atoms with Crippen LogP contribution in [0.25, 0.3) is 0 Å². The Hall–Kier alpha value is -3.07. The van der Waals surface area contributed by atoms with Crippen LogP contribution in [0.2, 0.25) is 0 Å². The molecular weight excluding hydrogens is 408 g/mol. The number of Topliss-reactive ketones (excluding diaryl/α,β-unsaturated/α-hetero) is 1. The SMILES string of the molecule is O=C(COC(=O)c1cccnc1SCC(=O)N1CCCC1)c1ccc2c(c1)OCO2. The van der Waals surface area contributed by atoms with Crippen molar-refractivity contribution in [2.45, 2.75) is 17.9 Å². The van der Waals surface area contributed by atoms with Crippen LogP contribution < -0.4 is 9.47 Å². The van der Waals surface area contributed by atoms with E-state index in [1.165, 1.54) is 11.8 Å². The number of esters is 1. The molecule has 30 heavy (non-hydrogen) atoms. The van der Waals surface area contributed by atoms with E-state index in [9.17, 15) is 14.4 Å². The lowest BCUT2D eigenvalue weighted by Crippen LogP contribution is -2.29. The van der Waals surface area contributed by atoms with E-state index in [-0.39, 0.29) is 29.8 Å². The van der Waals surface area contributed by atoms with Crippen molar-refractivity contribution in [2.24, 2.45) is 0 Å². The zero-order valence-electron chi connectivity index (χ0n) is 16.2. The van der Waals surface area contributed by atoms with E-state index in [2.05, 4.69) is 4.98 Å². The molecule has 2 aliphatic heterocycles. The predicted molar refractivity (Wildman–Crippen MR) is 108 cm³/mol. The lowest BCUT2D eigenvalue weighted by molar-refractivity contribution is -0.127. The number of rotatable bonds is 7. The summed E-state index contributed by atoms with van der Waals surface area (Å²) in [6.07, 6.45) is 3.60. The maximum Gasteiger partial charge on any atom is 0.341 e. The minimum atomic E-state index is -0.659. The first-order chi connectivity index (χ1) is 14.6. The van der Waals surface area contributed by atoms with Gasteiger partial charge in [0.05, 0.1) is 11.3 Å². The van der Waals surface area contributed by atoms with Crippen molar-refractivity contribution in [1.29, 1.82) is 0 Å². The Balaban J connectivity index is 1.35. The monoisotopic (exact) mass is 428 g/mol. The van der Waals surface area contributed by atoms with Crippen LogP contribution in [-0.2, 0) is 9.53 Å². The highest BCUT2D eigenvalue weighted by atomic mass is 32.2. The number of carbonyl (C=O) groups excluding carboxylic acids is 3. The Bertz CT molecular complexity index is 974. The summed E-state index contributed by atoms with van der Waals surface area (Å²) in [5.41, 5.74) is 0.597. The fraction of sp³-hybridized carbons (Fsp3) is 0.333. The normalized spacial score (nSPS) is 14.6. The lowest BCUT2D eigenvalue weighted by Gasteiger charge is -2.15. The summed E-state index contributed by atoms with van der Waals surface area (Å²) < 4.78 is 15.7. The topological polar surface area (TPSA) is 95.0 Å². The van der Waals surface area contributed by atoms with Gasteiger partial charge in [-0.1, -0.05) is 11.8 Å². The molecule has 1 fully saturated rings. The molecule has 9 heteroatoms. The number of pyridine rings is 1. The quantitative estimate of drug-likeness (QED) is 0.377. The molecule has 156 valence electrons. The Labute approximate surface area is 177 Å². The van der Waals surface area contributed by atoms with Crippen molar-refractivity contribution in [3.63, 3.8) is 0 Å². The molecular formula is C21H20N2O6S. The fourth-order valence-corrected chi connectivity index (χ4v) is 4.10. The number of ketones is 1. The second-order valence-corrected chi connectivity index (χ2v) is 7.76. The molecule has 0 saturated carbocycles. The van der Waals surface area contributed by atoms with Crippen molar-refractivity contribution in [3.8, 4) is 11.5 Å². The molecule has 1 aromatic heterocycles. The van der Waals surface area contributed by atoms with Gasteiger partial charge in [0, 0.05) is 24.8 Å². The molecule has 1 aromatic carbocycles. The molecule has 8 nitrogen and oxygen atoms in total. The summed E-state index contributed by atoms with van der Waals surface area (Å²) in [5.74, 6) is 0.274. The number of ether oxygens (including phenoxy) is 3. The van der Waals surface area contributed by atoms with E-state index in [0.717, 1.165) is 25.9 Å². The summed E-state index contributed by atoms with van der Waals surface area (Å²) in [7, 11) is 0. The van der Waals surface area contributed by atoms with Crippen molar-refractivity contribution in [1.82, 2.24) is 9.88 Å². The van der Waals surface area contributed by atoms with Crippen LogP contribution in [0.5, 0.6) is 11.5 Å². The molecule has 2 aliphatic rings. The number of carbonyl (C=O) groups is 3. The summed E-state index contributed by atoms with van der Waals surface area (Å²) in [6.45, 7) is 1.25. The highest BCUT2D eigenvalue weighted by Gasteiger charge is 2.22. The van der Waals surface area contributed by atoms with Crippen molar-refractivity contribution >= 4 is 29.4 Å². The number of likely N-dealkylation sites (tertiary alicyclic amines) is 1. The van der Waals surface area contributed by atoms with Crippen LogP contribution in [0, 0.1) is 0 Å². The molecule has 3 heterocycles. The first-order valence-corrected chi connectivity index (χ1v) is 10.6. The third-order valence-electron chi connectivity index (χ3n) is 4.81. The highest BCUT2D eigenvalue weighted by Crippen LogP contribution is 2.32. The predicted octanol–water partition coefficient (Wildman–Crippen LogP) is 2.56. The number of hydrogen-bond donors (Lipinski definition) is 0. The van der Waals surface area contributed by atoms with Crippen LogP contribution in [-0.4, -0.2) is 59.8 Å². The third kappa shape index (κ3) is 4.56.